The smallest absolute Gasteiger partial charge is 0.343 e. The van der Waals surface area contributed by atoms with Gasteiger partial charge in [-0.05, 0) is 60.7 Å². The quantitative estimate of drug-likeness (QED) is 0.352. The van der Waals surface area contributed by atoms with Gasteiger partial charge in [0.2, 0.25) is 10.0 Å². The van der Waals surface area contributed by atoms with E-state index in [0.717, 1.165) is 20.9 Å². The fraction of sp³-hybridized carbons (Fsp3) is 0.0870. The first-order chi connectivity index (χ1) is 14.8. The molecule has 156 valence electrons. The van der Waals surface area contributed by atoms with E-state index in [-0.39, 0.29) is 10.5 Å². The highest BCUT2D eigenvalue weighted by molar-refractivity contribution is 7.89. The van der Waals surface area contributed by atoms with Gasteiger partial charge in [0.05, 0.1) is 33.4 Å². The Morgan fingerprint density at radius 1 is 0.871 bits per heavy atom. The van der Waals surface area contributed by atoms with Gasteiger partial charge in [-0.3, -0.25) is 4.98 Å². The molecule has 4 rings (SSSR count). The summed E-state index contributed by atoms with van der Waals surface area (Å²) in [6.07, 6.45) is 1.70. The van der Waals surface area contributed by atoms with Crippen LogP contribution < -0.4 is 4.74 Å². The molecule has 0 spiro atoms. The van der Waals surface area contributed by atoms with Gasteiger partial charge in [0.1, 0.15) is 5.75 Å². The Bertz CT molecular complexity index is 1350. The van der Waals surface area contributed by atoms with E-state index in [9.17, 15) is 13.2 Å². The maximum atomic E-state index is 12.4. The number of rotatable bonds is 5. The van der Waals surface area contributed by atoms with E-state index in [1.54, 1.807) is 30.5 Å². The Morgan fingerprint density at radius 2 is 1.52 bits per heavy atom. The van der Waals surface area contributed by atoms with Crippen LogP contribution in [0.15, 0.2) is 83.9 Å². The lowest BCUT2D eigenvalue weighted by molar-refractivity contribution is 0.0734. The van der Waals surface area contributed by atoms with Crippen LogP contribution in [0.3, 0.4) is 0 Å². The highest BCUT2D eigenvalue weighted by atomic mass is 32.2. The summed E-state index contributed by atoms with van der Waals surface area (Å²) < 4.78 is 30.8. The summed E-state index contributed by atoms with van der Waals surface area (Å²) in [7, 11) is -0.655. The van der Waals surface area contributed by atoms with Gasteiger partial charge >= 0.3 is 5.97 Å². The number of ether oxygens (including phenoxy) is 1. The molecule has 0 aliphatic carbocycles. The second-order valence-electron chi connectivity index (χ2n) is 6.97. The van der Waals surface area contributed by atoms with Crippen molar-refractivity contribution in [2.24, 2.45) is 0 Å². The minimum absolute atomic E-state index is 0.106. The van der Waals surface area contributed by atoms with Crippen molar-refractivity contribution in [2.75, 3.05) is 14.1 Å². The molecule has 0 fully saturated rings. The van der Waals surface area contributed by atoms with E-state index in [4.69, 9.17) is 4.74 Å². The van der Waals surface area contributed by atoms with Crippen LogP contribution in [0, 0.1) is 0 Å². The Hall–Kier alpha value is -3.62. The van der Waals surface area contributed by atoms with Crippen LogP contribution in [0.1, 0.15) is 10.4 Å². The zero-order chi connectivity index (χ0) is 22.0. The first kappa shape index (κ1) is 20.6. The van der Waals surface area contributed by atoms with Crippen LogP contribution in [0.25, 0.3) is 22.3 Å². The Balaban J connectivity index is 1.49. The van der Waals surface area contributed by atoms with Crippen LogP contribution in [-0.2, 0) is 10.0 Å². The van der Waals surface area contributed by atoms with Crippen molar-refractivity contribution >= 4 is 27.0 Å². The molecule has 1 heterocycles. The van der Waals surface area contributed by atoms with Gasteiger partial charge in [0, 0.05) is 19.7 Å². The van der Waals surface area contributed by atoms with E-state index in [1.165, 1.54) is 38.4 Å². The lowest BCUT2D eigenvalue weighted by atomic mass is 10.1. The Morgan fingerprint density at radius 3 is 2.16 bits per heavy atom. The monoisotopic (exact) mass is 433 g/mol. The molecular weight excluding hydrogens is 414 g/mol. The number of hydrogen-bond acceptors (Lipinski definition) is 6. The van der Waals surface area contributed by atoms with Gasteiger partial charge in [0.15, 0.2) is 0 Å². The van der Waals surface area contributed by atoms with Gasteiger partial charge in [-0.2, -0.15) is 0 Å². The zero-order valence-electron chi connectivity index (χ0n) is 16.9. The van der Waals surface area contributed by atoms with Crippen molar-refractivity contribution in [3.8, 4) is 17.0 Å². The van der Waals surface area contributed by atoms with Crippen LogP contribution in [0.5, 0.6) is 5.75 Å². The lowest BCUT2D eigenvalue weighted by Crippen LogP contribution is -2.22. The van der Waals surface area contributed by atoms with Gasteiger partial charge in [-0.1, -0.05) is 12.1 Å². The summed E-state index contributed by atoms with van der Waals surface area (Å²) in [6, 6.07) is 20.2. The average Bonchev–Trinajstić information content (AvgIpc) is 2.79. The predicted octanol–water partition coefficient (Wildman–Crippen LogP) is 3.77. The molecule has 1 aromatic heterocycles. The predicted molar refractivity (Wildman–Crippen MR) is 117 cm³/mol. The van der Waals surface area contributed by atoms with E-state index >= 15 is 0 Å². The van der Waals surface area contributed by atoms with E-state index in [0.29, 0.717) is 11.4 Å². The minimum atomic E-state index is -3.55. The first-order valence-electron chi connectivity index (χ1n) is 9.41. The molecule has 3 aromatic carbocycles. The fourth-order valence-electron chi connectivity index (χ4n) is 2.93. The summed E-state index contributed by atoms with van der Waals surface area (Å²) in [5.41, 5.74) is 3.43. The number of carbonyl (C=O) groups excluding carboxylic acids is 1. The second-order valence-corrected chi connectivity index (χ2v) is 9.12. The van der Waals surface area contributed by atoms with Crippen LogP contribution in [-0.4, -0.2) is 42.8 Å². The maximum Gasteiger partial charge on any atom is 0.343 e. The van der Waals surface area contributed by atoms with Crippen molar-refractivity contribution in [3.05, 3.63) is 84.6 Å². The number of aromatic nitrogens is 2. The summed E-state index contributed by atoms with van der Waals surface area (Å²) in [5.74, 6) is -0.209. The number of hydrogen-bond donors (Lipinski definition) is 0. The standard InChI is InChI=1S/C23H19N3O4S/c1-26(2)31(28,29)19-13-9-17(10-14-19)23(27)30-18-11-7-16(8-12-18)22-15-24-20-5-3-4-6-21(20)25-22/h3-15H,1-2H3. The zero-order valence-corrected chi connectivity index (χ0v) is 17.7. The summed E-state index contributed by atoms with van der Waals surface area (Å²) in [6.45, 7) is 0. The number of para-hydroxylation sites is 2. The molecule has 0 N–H and O–H groups in total. The minimum Gasteiger partial charge on any atom is -0.423 e. The summed E-state index contributed by atoms with van der Waals surface area (Å²) in [5, 5.41) is 0. The number of nitrogens with zero attached hydrogens (tertiary/aromatic N) is 3. The molecule has 0 aliphatic heterocycles. The highest BCUT2D eigenvalue weighted by Gasteiger charge is 2.18. The van der Waals surface area contributed by atoms with Gasteiger partial charge in [-0.25, -0.2) is 22.5 Å². The molecule has 7 nitrogen and oxygen atoms in total. The largest absolute Gasteiger partial charge is 0.423 e. The Labute approximate surface area is 180 Å². The number of sulfonamides is 1. The molecule has 0 bridgehead atoms. The molecule has 0 unspecified atom stereocenters. The number of fused-ring (bicyclic) bond motifs is 1. The number of esters is 1. The maximum absolute atomic E-state index is 12.4. The second kappa shape index (κ2) is 8.25. The number of benzene rings is 3. The molecule has 8 heteroatoms. The van der Waals surface area contributed by atoms with Crippen LogP contribution in [0.2, 0.25) is 0 Å². The van der Waals surface area contributed by atoms with Gasteiger partial charge in [0.25, 0.3) is 0 Å². The topological polar surface area (TPSA) is 89.5 Å². The molecule has 0 amide bonds. The first-order valence-corrected chi connectivity index (χ1v) is 10.9. The normalized spacial score (nSPS) is 11.6. The summed E-state index contributed by atoms with van der Waals surface area (Å²) >= 11 is 0. The third-order valence-electron chi connectivity index (χ3n) is 4.68. The summed E-state index contributed by atoms with van der Waals surface area (Å²) in [4.78, 5) is 21.5. The van der Waals surface area contributed by atoms with Crippen molar-refractivity contribution in [3.63, 3.8) is 0 Å². The van der Waals surface area contributed by atoms with E-state index < -0.39 is 16.0 Å². The average molecular weight is 433 g/mol. The van der Waals surface area contributed by atoms with Crippen molar-refractivity contribution in [1.29, 1.82) is 0 Å². The van der Waals surface area contributed by atoms with E-state index in [1.807, 2.05) is 24.3 Å². The number of carbonyl (C=O) groups is 1. The molecule has 0 saturated heterocycles. The van der Waals surface area contributed by atoms with Crippen molar-refractivity contribution in [2.45, 2.75) is 4.90 Å². The highest BCUT2D eigenvalue weighted by Crippen LogP contribution is 2.23. The molecule has 4 aromatic rings. The molecule has 0 aliphatic rings. The van der Waals surface area contributed by atoms with Crippen molar-refractivity contribution < 1.29 is 17.9 Å². The lowest BCUT2D eigenvalue weighted by Gasteiger charge is -2.11. The van der Waals surface area contributed by atoms with Gasteiger partial charge < -0.3 is 4.74 Å². The van der Waals surface area contributed by atoms with Crippen molar-refractivity contribution in [1.82, 2.24) is 14.3 Å². The van der Waals surface area contributed by atoms with Crippen LogP contribution in [0.4, 0.5) is 0 Å². The molecule has 0 saturated carbocycles. The SMILES string of the molecule is CN(C)S(=O)(=O)c1ccc(C(=O)Oc2ccc(-c3cnc4ccccc4n3)cc2)cc1. The van der Waals surface area contributed by atoms with Gasteiger partial charge in [-0.15, -0.1) is 0 Å². The Kier molecular flexibility index (Phi) is 5.50. The molecular formula is C23H19N3O4S. The van der Waals surface area contributed by atoms with E-state index in [2.05, 4.69) is 9.97 Å². The fourth-order valence-corrected chi connectivity index (χ4v) is 3.83. The molecule has 31 heavy (non-hydrogen) atoms. The third-order valence-corrected chi connectivity index (χ3v) is 6.51. The third kappa shape index (κ3) is 4.30. The van der Waals surface area contributed by atoms with Crippen LogP contribution >= 0.6 is 0 Å². The molecule has 0 radical (unpaired) electrons. The molecule has 0 atom stereocenters.